The predicted octanol–water partition coefficient (Wildman–Crippen LogP) is 5.92. The van der Waals surface area contributed by atoms with E-state index < -0.39 is 143 Å². The predicted molar refractivity (Wildman–Crippen MR) is 373 cm³/mol. The zero-order valence-corrected chi connectivity index (χ0v) is 63.9. The average Bonchev–Trinajstić information content (AvgIpc) is 0.818. The van der Waals surface area contributed by atoms with Crippen LogP contribution >= 0.6 is 11.8 Å². The Kier molecular flexibility index (Phi) is 34.8. The Bertz CT molecular complexity index is 2530. The second-order valence-corrected chi connectivity index (χ2v) is 32.6. The number of likely N-dealkylation sites (N-methyl/N-ethyl adjacent to an activating group) is 7. The van der Waals surface area contributed by atoms with E-state index >= 15 is 9.59 Å². The normalized spacial score (nSPS) is 25.1. The molecule has 1 saturated heterocycles. The molecule has 0 aliphatic carbocycles. The lowest BCUT2D eigenvalue weighted by Gasteiger charge is -2.40. The van der Waals surface area contributed by atoms with E-state index in [-0.39, 0.29) is 66.4 Å². The molecule has 25 heteroatoms. The van der Waals surface area contributed by atoms with Crippen LogP contribution in [0, 0.1) is 40.4 Å². The quantitative estimate of drug-likeness (QED) is 0.0885. The first kappa shape index (κ1) is 86.5. The SMILES string of the molecule is CC[C@H]1NC(=O)N(C)C(=O)[C@@H](C(C)C)N(C)C(=O)[C@@H](CC(C)C)N(C)C(=O)[C@@H](CC(C)C)N(C)C(=O)[C@H](C)NC(=O)[C@@H](C)NC(=O)[C@@H](CC(C)C)N(C)C(=O)[C@@H](C(C)C)NC(=O)[C@H](CC(C)(C)O)N(C)C(=O)[C@@H](CSCCCCN(CC(C)(C)C)CC(C)(C)C)N(C)C1=O. The Morgan fingerprint density at radius 3 is 1.33 bits per heavy atom. The van der Waals surface area contributed by atoms with Gasteiger partial charge in [-0.3, -0.25) is 52.8 Å². The first-order valence-electron chi connectivity index (χ1n) is 34.0. The van der Waals surface area contributed by atoms with Gasteiger partial charge in [0.2, 0.25) is 53.2 Å². The third kappa shape index (κ3) is 27.2. The van der Waals surface area contributed by atoms with Crippen LogP contribution in [0.15, 0.2) is 0 Å². The molecule has 0 bridgehead atoms. The summed E-state index contributed by atoms with van der Waals surface area (Å²) in [5.41, 5.74) is -1.42. The molecule has 12 amide bonds. The molecule has 0 radical (unpaired) electrons. The van der Waals surface area contributed by atoms with Gasteiger partial charge in [0.05, 0.1) is 5.60 Å². The van der Waals surface area contributed by atoms with E-state index in [9.17, 15) is 48.3 Å². The van der Waals surface area contributed by atoms with Crippen molar-refractivity contribution in [2.45, 2.75) is 256 Å². The van der Waals surface area contributed by atoms with Gasteiger partial charge in [-0.2, -0.15) is 11.8 Å². The first-order valence-corrected chi connectivity index (χ1v) is 35.2. The van der Waals surface area contributed by atoms with Crippen LogP contribution in [0.5, 0.6) is 0 Å². The van der Waals surface area contributed by atoms with Gasteiger partial charge in [-0.1, -0.05) is 118 Å². The Morgan fingerprint density at radius 2 is 0.883 bits per heavy atom. The molecule has 0 aromatic carbocycles. The highest BCUT2D eigenvalue weighted by Gasteiger charge is 2.45. The van der Waals surface area contributed by atoms with Crippen LogP contribution in [-0.2, 0) is 47.9 Å². The number of carbonyl (C=O) groups is 11. The minimum atomic E-state index is -1.57. The van der Waals surface area contributed by atoms with Crippen molar-refractivity contribution in [3.63, 3.8) is 0 Å². The van der Waals surface area contributed by atoms with E-state index in [0.717, 1.165) is 37.4 Å². The Balaban J connectivity index is 4.33. The number of urea groups is 1. The molecule has 0 spiro atoms. The molecular formula is C69H128N12O12S. The lowest BCUT2D eigenvalue weighted by Crippen LogP contribution is -2.62. The Morgan fingerprint density at radius 1 is 0.468 bits per heavy atom. The lowest BCUT2D eigenvalue weighted by atomic mass is 9.92. The molecule has 0 unspecified atom stereocenters. The zero-order chi connectivity index (χ0) is 73.2. The summed E-state index contributed by atoms with van der Waals surface area (Å²) in [4.78, 5) is 173. The molecule has 1 heterocycles. The number of imide groups is 1. The minimum absolute atomic E-state index is 0.0113. The number of unbranched alkanes of at least 4 members (excludes halogenated alkanes) is 1. The van der Waals surface area contributed by atoms with Gasteiger partial charge in [0, 0.05) is 74.6 Å². The van der Waals surface area contributed by atoms with Crippen molar-refractivity contribution in [2.24, 2.45) is 40.4 Å². The maximum Gasteiger partial charge on any atom is 0.324 e. The number of nitrogens with one attached hydrogen (secondary N) is 4. The molecule has 94 heavy (non-hydrogen) atoms. The lowest BCUT2D eigenvalue weighted by molar-refractivity contribution is -0.154. The fraction of sp³-hybridized carbons (Fsp3) is 0.841. The van der Waals surface area contributed by atoms with Gasteiger partial charge in [-0.05, 0) is 119 Å². The smallest absolute Gasteiger partial charge is 0.324 e. The molecule has 1 rings (SSSR count). The second kappa shape index (κ2) is 37.8. The van der Waals surface area contributed by atoms with Crippen LogP contribution in [-0.4, -0.2) is 256 Å². The van der Waals surface area contributed by atoms with E-state index in [0.29, 0.717) is 5.75 Å². The zero-order valence-electron chi connectivity index (χ0n) is 63.1. The van der Waals surface area contributed by atoms with Crippen molar-refractivity contribution in [3.05, 3.63) is 0 Å². The molecule has 0 saturated carbocycles. The van der Waals surface area contributed by atoms with Gasteiger partial charge >= 0.3 is 6.03 Å². The number of thioether (sulfide) groups is 1. The van der Waals surface area contributed by atoms with Gasteiger partial charge in [0.15, 0.2) is 0 Å². The van der Waals surface area contributed by atoms with E-state index in [1.54, 1.807) is 34.6 Å². The molecular weight excluding hydrogens is 1220 g/mol. The summed E-state index contributed by atoms with van der Waals surface area (Å²) in [5.74, 6) is -7.86. The molecule has 10 atom stereocenters. The number of nitrogens with zero attached hydrogens (tertiary/aromatic N) is 8. The minimum Gasteiger partial charge on any atom is -0.390 e. The number of hydrogen-bond donors (Lipinski definition) is 5. The molecule has 542 valence electrons. The molecule has 24 nitrogen and oxygen atoms in total. The summed E-state index contributed by atoms with van der Waals surface area (Å²) in [6.07, 6.45) is 1.77. The van der Waals surface area contributed by atoms with Crippen LogP contribution in [0.25, 0.3) is 0 Å². The van der Waals surface area contributed by atoms with Crippen molar-refractivity contribution < 1.29 is 57.8 Å². The van der Waals surface area contributed by atoms with Gasteiger partial charge < -0.3 is 60.7 Å². The van der Waals surface area contributed by atoms with Crippen LogP contribution in [0.1, 0.15) is 190 Å². The van der Waals surface area contributed by atoms with Crippen LogP contribution < -0.4 is 21.3 Å². The summed E-state index contributed by atoms with van der Waals surface area (Å²) in [6, 6.07) is -13.4. The number of aliphatic hydroxyl groups is 1. The van der Waals surface area contributed by atoms with Crippen LogP contribution in [0.4, 0.5) is 4.79 Å². The van der Waals surface area contributed by atoms with E-state index in [4.69, 9.17) is 0 Å². The van der Waals surface area contributed by atoms with Gasteiger partial charge in [0.25, 0.3) is 5.91 Å². The molecule has 5 N–H and O–H groups in total. The molecule has 1 fully saturated rings. The van der Waals surface area contributed by atoms with Gasteiger partial charge in [0.1, 0.15) is 60.4 Å². The van der Waals surface area contributed by atoms with E-state index in [2.05, 4.69) is 67.7 Å². The fourth-order valence-corrected chi connectivity index (χ4v) is 13.0. The van der Waals surface area contributed by atoms with Gasteiger partial charge in [-0.15, -0.1) is 0 Å². The largest absolute Gasteiger partial charge is 0.390 e. The van der Waals surface area contributed by atoms with E-state index in [1.807, 2.05) is 41.5 Å². The third-order valence-electron chi connectivity index (χ3n) is 17.0. The van der Waals surface area contributed by atoms with Crippen LogP contribution in [0.2, 0.25) is 0 Å². The monoisotopic (exact) mass is 1350 g/mol. The van der Waals surface area contributed by atoms with Crippen molar-refractivity contribution in [1.29, 1.82) is 0 Å². The highest BCUT2D eigenvalue weighted by atomic mass is 32.2. The number of amides is 12. The van der Waals surface area contributed by atoms with Crippen molar-refractivity contribution >= 4 is 76.9 Å². The standard InChI is InChI=1S/C69H128N12O12S/c1-29-48-60(86)78(26)53(38-94-33-31-30-32-81(39-67(14,15)16)40-68(17,18)19)63(89)77(25)52(37-69(20,21)93)58(84)73-54(44(8)9)64(90)74(22)49(34-41(2)3)57(83)70-46(12)56(82)71-47(13)59(85)75(23)50(35-42(4)5)61(87)76(24)51(36-43(6)7)62(88)79(27)55(45(10)11)65(91)80(28)66(92)72-48/h41-55,93H,29-40H2,1-28H3,(H,70,83)(H,71,82)(H,72,92)(H,73,84)/t46-,47+,48-,49-,50-,51-,52+,53-,54-,55-/m1/s1. The number of rotatable bonds is 20. The van der Waals surface area contributed by atoms with E-state index in [1.165, 1.54) is 118 Å². The average molecular weight is 1350 g/mol. The molecule has 0 aromatic heterocycles. The molecule has 1 aliphatic rings. The Hall–Kier alpha value is -5.56. The summed E-state index contributed by atoms with van der Waals surface area (Å²) in [7, 11) is 9.82. The van der Waals surface area contributed by atoms with Crippen molar-refractivity contribution in [1.82, 2.24) is 60.5 Å². The third-order valence-corrected chi connectivity index (χ3v) is 18.1. The second-order valence-electron chi connectivity index (χ2n) is 31.5. The maximum atomic E-state index is 15.4. The topological polar surface area (TPSA) is 282 Å². The summed E-state index contributed by atoms with van der Waals surface area (Å²) in [6.45, 7) is 41.5. The van der Waals surface area contributed by atoms with Gasteiger partial charge in [-0.25, -0.2) is 4.79 Å². The summed E-state index contributed by atoms with van der Waals surface area (Å²) >= 11 is 1.45. The summed E-state index contributed by atoms with van der Waals surface area (Å²) < 4.78 is 0. The molecule has 1 aliphatic heterocycles. The molecule has 0 aromatic rings. The number of carbonyl (C=O) groups excluding carboxylic acids is 11. The Labute approximate surface area is 570 Å². The summed E-state index contributed by atoms with van der Waals surface area (Å²) in [5, 5.41) is 22.4. The number of hydrogen-bond acceptors (Lipinski definition) is 14. The first-order chi connectivity index (χ1) is 42.9. The van der Waals surface area contributed by atoms with Crippen molar-refractivity contribution in [2.75, 3.05) is 80.5 Å². The highest BCUT2D eigenvalue weighted by molar-refractivity contribution is 7.99. The maximum absolute atomic E-state index is 15.4. The van der Waals surface area contributed by atoms with Crippen LogP contribution in [0.3, 0.4) is 0 Å². The fourth-order valence-electron chi connectivity index (χ4n) is 11.8. The highest BCUT2D eigenvalue weighted by Crippen LogP contribution is 2.27. The van der Waals surface area contributed by atoms with Crippen molar-refractivity contribution in [3.8, 4) is 0 Å².